The van der Waals surface area contributed by atoms with E-state index in [1.165, 1.54) is 5.56 Å². The Labute approximate surface area is 205 Å². The number of fused-ring (bicyclic) bond motifs is 1. The molecule has 0 spiro atoms. The Bertz CT molecular complexity index is 1280. The van der Waals surface area contributed by atoms with Gasteiger partial charge in [0.2, 0.25) is 0 Å². The molecule has 6 nitrogen and oxygen atoms in total. The number of ether oxygens (including phenoxy) is 3. The zero-order chi connectivity index (χ0) is 24.6. The average molecular weight is 474 g/mol. The van der Waals surface area contributed by atoms with Gasteiger partial charge in [-0.15, -0.1) is 0 Å². The number of furan rings is 1. The zero-order valence-corrected chi connectivity index (χ0v) is 20.2. The molecule has 0 saturated carbocycles. The maximum absolute atomic E-state index is 12.4. The van der Waals surface area contributed by atoms with Crippen LogP contribution in [0, 0.1) is 0 Å². The lowest BCUT2D eigenvalue weighted by Gasteiger charge is -2.15. The molecule has 0 aliphatic rings. The van der Waals surface area contributed by atoms with Crippen LogP contribution in [0.1, 0.15) is 23.6 Å². The summed E-state index contributed by atoms with van der Waals surface area (Å²) in [7, 11) is 1.58. The first-order chi connectivity index (χ1) is 17.1. The summed E-state index contributed by atoms with van der Waals surface area (Å²) in [5.74, 6) is 0.340. The third-order valence-electron chi connectivity index (χ3n) is 5.72. The summed E-state index contributed by atoms with van der Waals surface area (Å²) >= 11 is 0. The molecule has 0 aliphatic heterocycles. The molecule has 0 amide bonds. The summed E-state index contributed by atoms with van der Waals surface area (Å²) in [5.41, 5.74) is 11.6. The average Bonchev–Trinajstić information content (AvgIpc) is 3.32. The van der Waals surface area contributed by atoms with E-state index in [9.17, 15) is 4.79 Å². The predicted molar refractivity (Wildman–Crippen MR) is 136 cm³/mol. The monoisotopic (exact) mass is 473 g/mol. The normalized spacial score (nSPS) is 12.0. The first-order valence-corrected chi connectivity index (χ1v) is 11.8. The molecule has 182 valence electrons. The maximum atomic E-state index is 12.4. The van der Waals surface area contributed by atoms with Crippen LogP contribution in [0.5, 0.6) is 5.75 Å². The number of para-hydroxylation sites is 1. The lowest BCUT2D eigenvalue weighted by Crippen LogP contribution is -2.21. The number of nitrogens with two attached hydrogens (primary N) is 1. The summed E-state index contributed by atoms with van der Waals surface area (Å²) in [4.78, 5) is 12.4. The van der Waals surface area contributed by atoms with Crippen molar-refractivity contribution in [3.8, 4) is 16.9 Å². The van der Waals surface area contributed by atoms with Gasteiger partial charge >= 0.3 is 5.97 Å². The molecule has 0 bridgehead atoms. The van der Waals surface area contributed by atoms with Gasteiger partial charge in [-0.1, -0.05) is 42.5 Å². The quantitative estimate of drug-likeness (QED) is 0.298. The fraction of sp³-hybridized carbons (Fsp3) is 0.276. The van der Waals surface area contributed by atoms with Crippen LogP contribution >= 0.6 is 0 Å². The molecule has 0 fully saturated rings. The van der Waals surface area contributed by atoms with Crippen molar-refractivity contribution in [3.05, 3.63) is 89.7 Å². The fourth-order valence-corrected chi connectivity index (χ4v) is 4.14. The van der Waals surface area contributed by atoms with E-state index in [0.29, 0.717) is 25.5 Å². The molecular weight excluding hydrogens is 442 g/mol. The van der Waals surface area contributed by atoms with E-state index in [-0.39, 0.29) is 18.5 Å². The second-order valence-electron chi connectivity index (χ2n) is 8.55. The van der Waals surface area contributed by atoms with Gasteiger partial charge in [0.25, 0.3) is 0 Å². The first kappa shape index (κ1) is 24.5. The second kappa shape index (κ2) is 11.7. The van der Waals surface area contributed by atoms with E-state index in [2.05, 4.69) is 30.3 Å². The Morgan fingerprint density at radius 1 is 1.03 bits per heavy atom. The SMILES string of the molecule is COCC(C)OC(=O)Cc1ccccc1OCc1cc(-c2cccc(CCN)c2)c2occc2c1. The summed E-state index contributed by atoms with van der Waals surface area (Å²) in [6.07, 6.45) is 2.35. The largest absolute Gasteiger partial charge is 0.489 e. The molecule has 1 unspecified atom stereocenters. The molecule has 1 aromatic heterocycles. The molecule has 1 heterocycles. The van der Waals surface area contributed by atoms with Crippen LogP contribution in [-0.4, -0.2) is 32.3 Å². The minimum absolute atomic E-state index is 0.129. The van der Waals surface area contributed by atoms with Crippen LogP contribution in [-0.2, 0) is 33.7 Å². The number of carbonyl (C=O) groups excluding carboxylic acids is 1. The highest BCUT2D eigenvalue weighted by atomic mass is 16.6. The van der Waals surface area contributed by atoms with Crippen LogP contribution in [0.4, 0.5) is 0 Å². The Morgan fingerprint density at radius 3 is 2.71 bits per heavy atom. The zero-order valence-electron chi connectivity index (χ0n) is 20.2. The highest BCUT2D eigenvalue weighted by Crippen LogP contribution is 2.32. The van der Waals surface area contributed by atoms with Crippen LogP contribution in [0.25, 0.3) is 22.1 Å². The molecule has 2 N–H and O–H groups in total. The molecule has 1 atom stereocenters. The molecule has 6 heteroatoms. The minimum Gasteiger partial charge on any atom is -0.489 e. The summed E-state index contributed by atoms with van der Waals surface area (Å²) in [6, 6.07) is 22.0. The molecule has 0 saturated heterocycles. The summed E-state index contributed by atoms with van der Waals surface area (Å²) in [6.45, 7) is 3.12. The fourth-order valence-electron chi connectivity index (χ4n) is 4.14. The lowest BCUT2D eigenvalue weighted by molar-refractivity contribution is -0.149. The summed E-state index contributed by atoms with van der Waals surface area (Å²) in [5, 5.41) is 1.01. The van der Waals surface area contributed by atoms with E-state index in [1.54, 1.807) is 20.3 Å². The Balaban J connectivity index is 1.54. The van der Waals surface area contributed by atoms with Crippen molar-refractivity contribution >= 4 is 16.9 Å². The number of hydrogen-bond donors (Lipinski definition) is 1. The number of carbonyl (C=O) groups is 1. The van der Waals surface area contributed by atoms with Gasteiger partial charge in [0, 0.05) is 23.6 Å². The third-order valence-corrected chi connectivity index (χ3v) is 5.72. The van der Waals surface area contributed by atoms with Crippen molar-refractivity contribution in [1.82, 2.24) is 0 Å². The third kappa shape index (κ3) is 6.29. The van der Waals surface area contributed by atoms with E-state index in [4.69, 9.17) is 24.4 Å². The van der Waals surface area contributed by atoms with Gasteiger partial charge in [0.05, 0.1) is 19.3 Å². The predicted octanol–water partition coefficient (Wildman–Crippen LogP) is 5.30. The van der Waals surface area contributed by atoms with Gasteiger partial charge in [0.15, 0.2) is 0 Å². The van der Waals surface area contributed by atoms with Crippen molar-refractivity contribution in [2.75, 3.05) is 20.3 Å². The van der Waals surface area contributed by atoms with Crippen LogP contribution in [0.15, 0.2) is 77.4 Å². The number of methoxy groups -OCH3 is 1. The standard InChI is InChI=1S/C29H31NO5/c1-20(18-32-2)35-28(31)17-24-7-3-4-9-27(24)34-19-22-15-25-11-13-33-29(25)26(16-22)23-8-5-6-21(14-23)10-12-30/h3-9,11,13-16,20H,10,12,17-19,30H2,1-2H3. The van der Waals surface area contributed by atoms with Crippen molar-refractivity contribution in [1.29, 1.82) is 0 Å². The van der Waals surface area contributed by atoms with Gasteiger partial charge in [-0.05, 0) is 60.8 Å². The minimum atomic E-state index is -0.315. The van der Waals surface area contributed by atoms with Crippen molar-refractivity contribution in [2.24, 2.45) is 5.73 Å². The molecule has 4 aromatic rings. The van der Waals surface area contributed by atoms with E-state index in [0.717, 1.165) is 39.6 Å². The van der Waals surface area contributed by atoms with Crippen molar-refractivity contribution in [3.63, 3.8) is 0 Å². The van der Waals surface area contributed by atoms with E-state index in [1.807, 2.05) is 36.4 Å². The summed E-state index contributed by atoms with van der Waals surface area (Å²) < 4.78 is 22.4. The molecule has 4 rings (SSSR count). The van der Waals surface area contributed by atoms with Crippen molar-refractivity contribution in [2.45, 2.75) is 32.5 Å². The second-order valence-corrected chi connectivity index (χ2v) is 8.55. The Hall–Kier alpha value is -3.61. The maximum Gasteiger partial charge on any atom is 0.310 e. The van der Waals surface area contributed by atoms with E-state index >= 15 is 0 Å². The lowest BCUT2D eigenvalue weighted by atomic mass is 9.98. The van der Waals surface area contributed by atoms with Gasteiger partial charge in [0.1, 0.15) is 24.0 Å². The van der Waals surface area contributed by atoms with Gasteiger partial charge in [-0.25, -0.2) is 0 Å². The van der Waals surface area contributed by atoms with Gasteiger partial charge < -0.3 is 24.4 Å². The van der Waals surface area contributed by atoms with Crippen LogP contribution < -0.4 is 10.5 Å². The number of rotatable bonds is 11. The highest BCUT2D eigenvalue weighted by Gasteiger charge is 2.15. The van der Waals surface area contributed by atoms with E-state index < -0.39 is 0 Å². The van der Waals surface area contributed by atoms with Crippen LogP contribution in [0.2, 0.25) is 0 Å². The molecule has 3 aromatic carbocycles. The Morgan fingerprint density at radius 2 is 1.89 bits per heavy atom. The number of esters is 1. The molecular formula is C29H31NO5. The van der Waals surface area contributed by atoms with Gasteiger partial charge in [-0.3, -0.25) is 4.79 Å². The van der Waals surface area contributed by atoms with Gasteiger partial charge in [-0.2, -0.15) is 0 Å². The van der Waals surface area contributed by atoms with Crippen LogP contribution in [0.3, 0.4) is 0 Å². The topological polar surface area (TPSA) is 83.9 Å². The molecule has 35 heavy (non-hydrogen) atoms. The molecule has 0 radical (unpaired) electrons. The first-order valence-electron chi connectivity index (χ1n) is 11.8. The number of benzene rings is 3. The van der Waals surface area contributed by atoms with Crippen molar-refractivity contribution < 1.29 is 23.4 Å². The number of hydrogen-bond acceptors (Lipinski definition) is 6. The smallest absolute Gasteiger partial charge is 0.310 e. The Kier molecular flexibility index (Phi) is 8.19. The highest BCUT2D eigenvalue weighted by molar-refractivity contribution is 5.93. The molecule has 0 aliphatic carbocycles.